The Morgan fingerprint density at radius 2 is 1.98 bits per heavy atom. The molecule has 11 nitrogen and oxygen atoms in total. The molecule has 3 aliphatic heterocycles. The van der Waals surface area contributed by atoms with E-state index in [0.29, 0.717) is 31.4 Å². The van der Waals surface area contributed by atoms with Crippen LogP contribution in [0.1, 0.15) is 45.6 Å². The molecule has 0 radical (unpaired) electrons. The lowest BCUT2D eigenvalue weighted by molar-refractivity contribution is 0.0238. The number of carbonyl (C=O) groups is 1. The van der Waals surface area contributed by atoms with Crippen LogP contribution in [0.25, 0.3) is 32.9 Å². The van der Waals surface area contributed by atoms with E-state index in [0.717, 1.165) is 19.4 Å². The third-order valence-corrected chi connectivity index (χ3v) is 9.47. The van der Waals surface area contributed by atoms with Gasteiger partial charge >= 0.3 is 12.1 Å². The molecule has 4 aromatic rings. The predicted octanol–water partition coefficient (Wildman–Crippen LogP) is 5.33. The Balaban J connectivity index is 1.40. The summed E-state index contributed by atoms with van der Waals surface area (Å²) < 4.78 is 58.5. The van der Waals surface area contributed by atoms with Gasteiger partial charge in [0.2, 0.25) is 0 Å². The smallest absolute Gasteiger partial charge is 0.429 e. The van der Waals surface area contributed by atoms with Crippen molar-refractivity contribution in [1.82, 2.24) is 30.2 Å². The van der Waals surface area contributed by atoms with Crippen LogP contribution in [0, 0.1) is 24.0 Å². The lowest BCUT2D eigenvalue weighted by atomic mass is 9.95. The molecule has 0 aliphatic carbocycles. The molecule has 0 bridgehead atoms. The minimum absolute atomic E-state index is 0.0595. The minimum Gasteiger partial charge on any atom is -0.508 e. The fourth-order valence-electron chi connectivity index (χ4n) is 7.33. The number of terminal acetylenes is 1. The third-order valence-electron chi connectivity index (χ3n) is 9.47. The van der Waals surface area contributed by atoms with Crippen molar-refractivity contribution in [1.29, 1.82) is 0 Å². The van der Waals surface area contributed by atoms with Crippen LogP contribution in [-0.2, 0) is 4.74 Å². The number of halogens is 3. The first kappa shape index (κ1) is 33.6. The zero-order valence-electron chi connectivity index (χ0n) is 28.1. The summed E-state index contributed by atoms with van der Waals surface area (Å²) in [5.41, 5.74) is -1.82. The van der Waals surface area contributed by atoms with Gasteiger partial charge in [-0.25, -0.2) is 23.0 Å². The van der Waals surface area contributed by atoms with E-state index in [4.69, 9.17) is 20.9 Å². The van der Waals surface area contributed by atoms with Crippen LogP contribution in [0.3, 0.4) is 0 Å². The maximum atomic E-state index is 17.0. The highest BCUT2D eigenvalue weighted by Gasteiger charge is 2.49. The first-order valence-corrected chi connectivity index (χ1v) is 16.7. The number of nitrogens with one attached hydrogen (secondary N) is 1. The van der Waals surface area contributed by atoms with Gasteiger partial charge in [0.25, 0.3) is 0 Å². The molecule has 50 heavy (non-hydrogen) atoms. The van der Waals surface area contributed by atoms with E-state index in [9.17, 15) is 18.7 Å². The van der Waals surface area contributed by atoms with Crippen LogP contribution in [0.15, 0.2) is 30.5 Å². The number of hydrazine groups is 1. The maximum Gasteiger partial charge on any atom is 0.429 e. The van der Waals surface area contributed by atoms with Gasteiger partial charge in [0.05, 0.1) is 29.6 Å². The zero-order valence-corrected chi connectivity index (χ0v) is 28.1. The standard InChI is InChI=1S/C36H38F3N7O4/c1-5-24-27(38)8-7-21-15-23(47)16-25(28(21)24)30-29(39)31-26(18-41-30)32(45-13-10-40-11-14-46(45)34(48)50-35(2,3)4)43-33(42-31)49-20-36-9-6-12-44(36)19-22(37)17-36/h1,7-8,15-16,18,22,40,47H,6,9-14,17,19-20H2,2-4H3/t22-,36+/m1/s1. The Hall–Kier alpha value is -4.87. The predicted molar refractivity (Wildman–Crippen MR) is 181 cm³/mol. The Morgan fingerprint density at radius 3 is 2.76 bits per heavy atom. The van der Waals surface area contributed by atoms with Gasteiger partial charge in [0, 0.05) is 43.2 Å². The number of ether oxygens (including phenoxy) is 2. The van der Waals surface area contributed by atoms with E-state index in [1.807, 2.05) is 0 Å². The highest BCUT2D eigenvalue weighted by Crippen LogP contribution is 2.42. The second-order valence-electron chi connectivity index (χ2n) is 14.0. The number of aromatic nitrogens is 3. The summed E-state index contributed by atoms with van der Waals surface area (Å²) >= 11 is 0. The number of hydrogen-bond acceptors (Lipinski definition) is 10. The lowest BCUT2D eigenvalue weighted by Crippen LogP contribution is -2.50. The molecule has 0 saturated carbocycles. The molecule has 5 heterocycles. The van der Waals surface area contributed by atoms with E-state index in [-0.39, 0.29) is 70.4 Å². The molecule has 0 unspecified atom stereocenters. The number of carbonyl (C=O) groups excluding carboxylic acids is 1. The van der Waals surface area contributed by atoms with Crippen molar-refractivity contribution in [3.63, 3.8) is 0 Å². The van der Waals surface area contributed by atoms with Crippen LogP contribution in [-0.4, -0.2) is 99.2 Å². The largest absolute Gasteiger partial charge is 0.508 e. The Kier molecular flexibility index (Phi) is 8.60. The highest BCUT2D eigenvalue weighted by atomic mass is 19.1. The molecule has 14 heteroatoms. The number of anilines is 1. The van der Waals surface area contributed by atoms with Crippen LogP contribution in [0.5, 0.6) is 11.8 Å². The van der Waals surface area contributed by atoms with Crippen LogP contribution >= 0.6 is 0 Å². The van der Waals surface area contributed by atoms with Crippen molar-refractivity contribution in [3.05, 3.63) is 47.7 Å². The Bertz CT molecular complexity index is 2030. The normalized spacial score (nSPS) is 21.3. The van der Waals surface area contributed by atoms with Gasteiger partial charge < -0.3 is 19.9 Å². The zero-order chi connectivity index (χ0) is 35.4. The quantitative estimate of drug-likeness (QED) is 0.267. The topological polar surface area (TPSA) is 116 Å². The van der Waals surface area contributed by atoms with Gasteiger partial charge in [-0.3, -0.25) is 14.9 Å². The van der Waals surface area contributed by atoms with Crippen LogP contribution < -0.4 is 15.1 Å². The molecular weight excluding hydrogens is 651 g/mol. The van der Waals surface area contributed by atoms with Crippen molar-refractivity contribution >= 4 is 33.6 Å². The van der Waals surface area contributed by atoms with Gasteiger partial charge in [-0.15, -0.1) is 6.42 Å². The number of pyridine rings is 1. The fraction of sp³-hybridized carbons (Fsp3) is 0.444. The van der Waals surface area contributed by atoms with Crippen molar-refractivity contribution in [2.75, 3.05) is 50.9 Å². The Morgan fingerprint density at radius 1 is 1.18 bits per heavy atom. The minimum atomic E-state index is -0.986. The second kappa shape index (κ2) is 12.8. The third kappa shape index (κ3) is 6.09. The van der Waals surface area contributed by atoms with E-state index < -0.39 is 35.0 Å². The summed E-state index contributed by atoms with van der Waals surface area (Å²) in [6.07, 6.45) is 7.37. The van der Waals surface area contributed by atoms with E-state index in [1.54, 1.807) is 25.8 Å². The number of amides is 1. The number of hydrogen-bond donors (Lipinski definition) is 2. The fourth-order valence-corrected chi connectivity index (χ4v) is 7.33. The highest BCUT2D eigenvalue weighted by molar-refractivity contribution is 6.03. The van der Waals surface area contributed by atoms with Crippen molar-refractivity contribution < 1.29 is 32.5 Å². The van der Waals surface area contributed by atoms with Crippen molar-refractivity contribution in [2.24, 2.45) is 0 Å². The van der Waals surface area contributed by atoms with Crippen molar-refractivity contribution in [3.8, 4) is 35.4 Å². The van der Waals surface area contributed by atoms with Gasteiger partial charge in [0.1, 0.15) is 41.2 Å². The number of nitrogens with zero attached hydrogens (tertiary/aromatic N) is 6. The molecule has 7 rings (SSSR count). The molecule has 3 fully saturated rings. The molecule has 0 spiro atoms. The average molecular weight is 690 g/mol. The first-order valence-electron chi connectivity index (χ1n) is 16.7. The number of fused-ring (bicyclic) bond motifs is 3. The number of aromatic hydroxyl groups is 1. The molecule has 2 aromatic carbocycles. The SMILES string of the molecule is C#Cc1c(F)ccc2cc(O)cc(-c3ncc4c(N5CCNCCN5C(=O)OC(C)(C)C)nc(OC[C@@]56CCCN5C[C@H](F)C6)nc4c3F)c12. The molecule has 2 aromatic heterocycles. The van der Waals surface area contributed by atoms with Crippen LogP contribution in [0.2, 0.25) is 0 Å². The summed E-state index contributed by atoms with van der Waals surface area (Å²) in [6.45, 7) is 7.82. The monoisotopic (exact) mass is 689 g/mol. The first-order chi connectivity index (χ1) is 23.9. The molecular formula is C36H38F3N7O4. The van der Waals surface area contributed by atoms with Gasteiger partial charge in [-0.2, -0.15) is 9.97 Å². The van der Waals surface area contributed by atoms with E-state index in [1.165, 1.54) is 35.5 Å². The van der Waals surface area contributed by atoms with Gasteiger partial charge in [0.15, 0.2) is 11.6 Å². The molecule has 3 saturated heterocycles. The molecule has 3 aliphatic rings. The summed E-state index contributed by atoms with van der Waals surface area (Å²) in [5.74, 6) is 0.688. The lowest BCUT2D eigenvalue weighted by Gasteiger charge is -2.35. The van der Waals surface area contributed by atoms with E-state index in [2.05, 4.69) is 26.1 Å². The number of benzene rings is 2. The maximum absolute atomic E-state index is 17.0. The Labute approximate surface area is 287 Å². The summed E-state index contributed by atoms with van der Waals surface area (Å²) in [4.78, 5) is 29.3. The summed E-state index contributed by atoms with van der Waals surface area (Å²) in [5, 5.41) is 17.6. The van der Waals surface area contributed by atoms with Gasteiger partial charge in [-0.1, -0.05) is 12.0 Å². The summed E-state index contributed by atoms with van der Waals surface area (Å²) in [7, 11) is 0. The van der Waals surface area contributed by atoms with Gasteiger partial charge in [-0.05, 0) is 63.7 Å². The van der Waals surface area contributed by atoms with E-state index >= 15 is 4.39 Å². The molecule has 1 amide bonds. The molecule has 2 N–H and O–H groups in total. The average Bonchev–Trinajstić information content (AvgIpc) is 3.46. The van der Waals surface area contributed by atoms with Crippen LogP contribution in [0.4, 0.5) is 23.8 Å². The number of phenolic OH excluding ortho intramolecular Hbond substituents is 1. The number of alkyl halides is 1. The number of rotatable bonds is 5. The molecule has 2 atom stereocenters. The number of phenols is 1. The summed E-state index contributed by atoms with van der Waals surface area (Å²) in [6, 6.07) is 5.12. The van der Waals surface area contributed by atoms with Crippen molar-refractivity contribution in [2.45, 2.75) is 57.3 Å². The second-order valence-corrected chi connectivity index (χ2v) is 14.0. The molecule has 262 valence electrons.